The van der Waals surface area contributed by atoms with Crippen molar-refractivity contribution < 1.29 is 4.42 Å². The lowest BCUT2D eigenvalue weighted by atomic mass is 9.86. The topological polar surface area (TPSA) is 21.3 Å². The van der Waals surface area contributed by atoms with E-state index in [2.05, 4.69) is 222 Å². The molecule has 1 unspecified atom stereocenters. The largest absolute Gasteiger partial charge is 0.456 e. The van der Waals surface area contributed by atoms with Crippen LogP contribution in [0.4, 0.5) is 17.1 Å². The van der Waals surface area contributed by atoms with Gasteiger partial charge in [0.1, 0.15) is 11.2 Å². The van der Waals surface area contributed by atoms with Gasteiger partial charge in [0, 0.05) is 51.2 Å². The van der Waals surface area contributed by atoms with E-state index in [4.69, 9.17) is 4.42 Å². The quantitative estimate of drug-likeness (QED) is 0.150. The number of benzene rings is 9. The molecule has 2 aromatic heterocycles. The standard InChI is InChI=1S/C57H40N2OSi/c1-4-16-38(17-5-1)40-20-14-24-44(34-40)58(46-31-33-48-47-26-11-13-29-52(47)60-53(48)37-46)45-25-15-21-41(35-45)42-30-32-50-54(36-42)61-57-49-27-10-12-28-51(49)59(43-22-8-3-9-23-43)56(57)55(50)39-18-6-2-7-19-39/h1-37,55H,61H2. The Morgan fingerprint density at radius 2 is 1.02 bits per heavy atom. The van der Waals surface area contributed by atoms with Gasteiger partial charge in [0.2, 0.25) is 0 Å². The summed E-state index contributed by atoms with van der Waals surface area (Å²) >= 11 is 0. The number of hydrogen-bond donors (Lipinski definition) is 0. The first-order valence-corrected chi connectivity index (χ1v) is 22.5. The van der Waals surface area contributed by atoms with Crippen molar-refractivity contribution in [2.24, 2.45) is 0 Å². The first-order valence-electron chi connectivity index (χ1n) is 21.1. The molecule has 1 atom stereocenters. The minimum atomic E-state index is -0.875. The number of rotatable bonds is 7. The van der Waals surface area contributed by atoms with Crippen molar-refractivity contribution in [3.8, 4) is 27.9 Å². The van der Waals surface area contributed by atoms with E-state index in [1.54, 1.807) is 0 Å². The number of anilines is 3. The summed E-state index contributed by atoms with van der Waals surface area (Å²) in [5, 5.41) is 6.67. The number of nitrogens with zero attached hydrogens (tertiary/aromatic N) is 2. The highest BCUT2D eigenvalue weighted by Gasteiger charge is 2.33. The third-order valence-corrected chi connectivity index (χ3v) is 14.6. The summed E-state index contributed by atoms with van der Waals surface area (Å²) in [5.74, 6) is 0.112. The lowest BCUT2D eigenvalue weighted by Crippen LogP contribution is -2.40. The maximum Gasteiger partial charge on any atom is 0.137 e. The zero-order valence-electron chi connectivity index (χ0n) is 33.4. The zero-order chi connectivity index (χ0) is 40.3. The summed E-state index contributed by atoms with van der Waals surface area (Å²) in [4.78, 5) is 2.37. The van der Waals surface area contributed by atoms with Gasteiger partial charge in [-0.15, -0.1) is 0 Å². The second kappa shape index (κ2) is 14.6. The van der Waals surface area contributed by atoms with Crippen LogP contribution in [0.2, 0.25) is 0 Å². The van der Waals surface area contributed by atoms with Gasteiger partial charge in [-0.3, -0.25) is 0 Å². The summed E-state index contributed by atoms with van der Waals surface area (Å²) in [6.45, 7) is 0. The van der Waals surface area contributed by atoms with E-state index in [-0.39, 0.29) is 5.92 Å². The Balaban J connectivity index is 1.00. The van der Waals surface area contributed by atoms with E-state index >= 15 is 0 Å². The lowest BCUT2D eigenvalue weighted by Gasteiger charge is -2.30. The second-order valence-electron chi connectivity index (χ2n) is 16.1. The number of para-hydroxylation sites is 3. The molecule has 0 saturated heterocycles. The van der Waals surface area contributed by atoms with Crippen LogP contribution < -0.4 is 15.3 Å². The lowest BCUT2D eigenvalue weighted by molar-refractivity contribution is 0.669. The molecule has 9 aromatic carbocycles. The highest BCUT2D eigenvalue weighted by Crippen LogP contribution is 2.42. The summed E-state index contributed by atoms with van der Waals surface area (Å²) < 4.78 is 8.99. The van der Waals surface area contributed by atoms with Gasteiger partial charge in [0.15, 0.2) is 0 Å². The van der Waals surface area contributed by atoms with Crippen LogP contribution >= 0.6 is 0 Å². The minimum Gasteiger partial charge on any atom is -0.456 e. The highest BCUT2D eigenvalue weighted by molar-refractivity contribution is 6.71. The van der Waals surface area contributed by atoms with Crippen LogP contribution in [-0.2, 0) is 0 Å². The van der Waals surface area contributed by atoms with E-state index in [0.717, 1.165) is 39.0 Å². The molecule has 0 spiro atoms. The number of aromatic nitrogens is 1. The average molecular weight is 797 g/mol. The molecule has 4 heteroatoms. The normalized spacial score (nSPS) is 13.7. The Labute approximate surface area is 357 Å². The van der Waals surface area contributed by atoms with Crippen LogP contribution in [-0.4, -0.2) is 14.1 Å². The molecule has 61 heavy (non-hydrogen) atoms. The molecule has 288 valence electrons. The van der Waals surface area contributed by atoms with Crippen LogP contribution in [0.3, 0.4) is 0 Å². The third kappa shape index (κ3) is 6.03. The van der Waals surface area contributed by atoms with E-state index in [9.17, 15) is 0 Å². The van der Waals surface area contributed by atoms with E-state index in [1.165, 1.54) is 66.0 Å². The molecular weight excluding hydrogens is 757 g/mol. The van der Waals surface area contributed by atoms with Crippen LogP contribution in [0, 0.1) is 0 Å². The third-order valence-electron chi connectivity index (χ3n) is 12.5. The van der Waals surface area contributed by atoms with Crippen LogP contribution in [0.15, 0.2) is 229 Å². The van der Waals surface area contributed by atoms with Crippen LogP contribution in [0.5, 0.6) is 0 Å². The van der Waals surface area contributed by atoms with Crippen LogP contribution in [0.25, 0.3) is 60.8 Å². The molecule has 0 fully saturated rings. The molecule has 3 heterocycles. The van der Waals surface area contributed by atoms with Crippen molar-refractivity contribution in [1.29, 1.82) is 0 Å². The van der Waals surface area contributed by atoms with E-state index in [0.29, 0.717) is 0 Å². The first-order chi connectivity index (χ1) is 30.2. The summed E-state index contributed by atoms with van der Waals surface area (Å²) in [6.07, 6.45) is 0. The SMILES string of the molecule is c1ccc(-c2cccc(N(c3cccc(-c4ccc5c(c4)[SiH2]c4c(n(-c6ccccc6)c6ccccc46)C5c4ccccc4)c3)c3ccc4c(c3)oc3ccccc34)c2)cc1. The van der Waals surface area contributed by atoms with Gasteiger partial charge in [-0.2, -0.15) is 0 Å². The predicted octanol–water partition coefficient (Wildman–Crippen LogP) is 12.9. The Morgan fingerprint density at radius 3 is 1.79 bits per heavy atom. The molecule has 1 aliphatic heterocycles. The smallest absolute Gasteiger partial charge is 0.137 e. The van der Waals surface area contributed by atoms with Crippen LogP contribution in [0.1, 0.15) is 22.7 Å². The fourth-order valence-corrected chi connectivity index (χ4v) is 12.1. The molecule has 0 aliphatic carbocycles. The van der Waals surface area contributed by atoms with Crippen molar-refractivity contribution >= 4 is 69.8 Å². The molecule has 0 amide bonds. The van der Waals surface area contributed by atoms with Gasteiger partial charge >= 0.3 is 0 Å². The molecule has 1 aliphatic rings. The van der Waals surface area contributed by atoms with Gasteiger partial charge in [-0.25, -0.2) is 0 Å². The Bertz CT molecular complexity index is 3410. The zero-order valence-corrected chi connectivity index (χ0v) is 34.9. The molecule has 12 rings (SSSR count). The van der Waals surface area contributed by atoms with Crippen molar-refractivity contribution in [3.05, 3.63) is 241 Å². The highest BCUT2D eigenvalue weighted by atomic mass is 28.2. The summed E-state index contributed by atoms with van der Waals surface area (Å²) in [7, 11) is -0.875. The number of hydrogen-bond acceptors (Lipinski definition) is 2. The molecule has 11 aromatic rings. The Hall–Kier alpha value is -7.66. The van der Waals surface area contributed by atoms with Crippen molar-refractivity contribution in [3.63, 3.8) is 0 Å². The fraction of sp³-hybridized carbons (Fsp3) is 0.0175. The summed E-state index contributed by atoms with van der Waals surface area (Å²) in [6, 6.07) is 81.8. The molecule has 0 N–H and O–H groups in total. The number of fused-ring (bicyclic) bond motifs is 7. The van der Waals surface area contributed by atoms with Gasteiger partial charge in [-0.05, 0) is 105 Å². The first kappa shape index (κ1) is 35.3. The van der Waals surface area contributed by atoms with Gasteiger partial charge in [0.05, 0.1) is 15.0 Å². The molecule has 0 saturated carbocycles. The number of furan rings is 1. The molecule has 0 bridgehead atoms. The summed E-state index contributed by atoms with van der Waals surface area (Å²) in [5.41, 5.74) is 16.4. The van der Waals surface area contributed by atoms with Gasteiger partial charge < -0.3 is 13.9 Å². The second-order valence-corrected chi connectivity index (χ2v) is 17.9. The molecule has 0 radical (unpaired) electrons. The van der Waals surface area contributed by atoms with E-state index < -0.39 is 9.52 Å². The molecule has 3 nitrogen and oxygen atoms in total. The maximum absolute atomic E-state index is 6.45. The van der Waals surface area contributed by atoms with Gasteiger partial charge in [-0.1, -0.05) is 163 Å². The van der Waals surface area contributed by atoms with Crippen molar-refractivity contribution in [2.75, 3.05) is 4.90 Å². The van der Waals surface area contributed by atoms with Crippen molar-refractivity contribution in [1.82, 2.24) is 4.57 Å². The average Bonchev–Trinajstić information content (AvgIpc) is 3.87. The fourth-order valence-electron chi connectivity index (χ4n) is 9.79. The molecular formula is C57H40N2OSi. The monoisotopic (exact) mass is 796 g/mol. The Morgan fingerprint density at radius 1 is 0.426 bits per heavy atom. The predicted molar refractivity (Wildman–Crippen MR) is 258 cm³/mol. The van der Waals surface area contributed by atoms with Gasteiger partial charge in [0.25, 0.3) is 0 Å². The maximum atomic E-state index is 6.45. The Kier molecular flexibility index (Phi) is 8.42. The minimum absolute atomic E-state index is 0.112. The van der Waals surface area contributed by atoms with E-state index in [1.807, 2.05) is 12.1 Å². The van der Waals surface area contributed by atoms with Crippen molar-refractivity contribution in [2.45, 2.75) is 5.92 Å².